The van der Waals surface area contributed by atoms with Crippen molar-refractivity contribution in [3.8, 4) is 0 Å². The van der Waals surface area contributed by atoms with Crippen molar-refractivity contribution in [2.75, 3.05) is 19.6 Å². The maximum absolute atomic E-state index is 14.7. The van der Waals surface area contributed by atoms with E-state index < -0.39 is 11.8 Å². The maximum Gasteiger partial charge on any atom is 0.338 e. The number of aromatic carboxylic acids is 1. The molecule has 47 heavy (non-hydrogen) atoms. The SMILES string of the molecule is C=CC.CC1C(c2ccc(C(=O)O)c(F)c2)=CCC2(C)C1CCC1(C)C2CCC2C3CCCC3(NCCN3CCCC3=O)CC[C@]21C. The van der Waals surface area contributed by atoms with E-state index in [2.05, 4.69) is 50.6 Å². The topological polar surface area (TPSA) is 69.6 Å². The average Bonchev–Trinajstić information content (AvgIpc) is 3.64. The number of likely N-dealkylation sites (tertiary alicyclic amines) is 1. The third kappa shape index (κ3) is 5.44. The Labute approximate surface area is 282 Å². The smallest absolute Gasteiger partial charge is 0.338 e. The van der Waals surface area contributed by atoms with Gasteiger partial charge in [-0.05, 0) is 140 Å². The Kier molecular flexibility index (Phi) is 9.34. The molecule has 7 rings (SSSR count). The minimum atomic E-state index is -1.21. The summed E-state index contributed by atoms with van der Waals surface area (Å²) in [6, 6.07) is 4.69. The molecule has 5 nitrogen and oxygen atoms in total. The molecule has 5 fully saturated rings. The van der Waals surface area contributed by atoms with Gasteiger partial charge in [-0.3, -0.25) is 4.79 Å². The van der Waals surface area contributed by atoms with Gasteiger partial charge >= 0.3 is 5.97 Å². The van der Waals surface area contributed by atoms with Crippen LogP contribution in [0.1, 0.15) is 128 Å². The summed E-state index contributed by atoms with van der Waals surface area (Å²) in [6.45, 7) is 18.2. The van der Waals surface area contributed by atoms with E-state index in [-0.39, 0.29) is 16.5 Å². The Balaban J connectivity index is 0.00000124. The molecule has 1 aliphatic heterocycles. The molecule has 0 spiro atoms. The van der Waals surface area contributed by atoms with Crippen molar-refractivity contribution >= 4 is 17.4 Å². The molecule has 9 atom stereocenters. The molecule has 4 saturated carbocycles. The molecule has 2 N–H and O–H groups in total. The van der Waals surface area contributed by atoms with Gasteiger partial charge in [0.05, 0.1) is 5.56 Å². The summed E-state index contributed by atoms with van der Waals surface area (Å²) in [6.07, 6.45) is 18.5. The monoisotopic (exact) mass is 646 g/mol. The first kappa shape index (κ1) is 34.4. The van der Waals surface area contributed by atoms with Crippen LogP contribution in [0.15, 0.2) is 36.9 Å². The second kappa shape index (κ2) is 12.8. The Morgan fingerprint density at radius 2 is 1.81 bits per heavy atom. The lowest BCUT2D eigenvalue weighted by molar-refractivity contribution is -0.211. The lowest BCUT2D eigenvalue weighted by atomic mass is 9.34. The molecule has 0 bridgehead atoms. The van der Waals surface area contributed by atoms with Crippen molar-refractivity contribution in [3.63, 3.8) is 0 Å². The summed E-state index contributed by atoms with van der Waals surface area (Å²) in [4.78, 5) is 25.7. The maximum atomic E-state index is 14.7. The first-order valence-electron chi connectivity index (χ1n) is 18.7. The number of allylic oxidation sites excluding steroid dienone is 3. The predicted octanol–water partition coefficient (Wildman–Crippen LogP) is 9.14. The molecule has 258 valence electrons. The Hall–Kier alpha value is -2.47. The number of benzene rings is 1. The van der Waals surface area contributed by atoms with Gasteiger partial charge < -0.3 is 15.3 Å². The van der Waals surface area contributed by atoms with Crippen LogP contribution in [0.5, 0.6) is 0 Å². The molecule has 8 unspecified atom stereocenters. The fourth-order valence-corrected chi connectivity index (χ4v) is 12.7. The van der Waals surface area contributed by atoms with E-state index in [0.29, 0.717) is 34.5 Å². The predicted molar refractivity (Wildman–Crippen MR) is 187 cm³/mol. The van der Waals surface area contributed by atoms with Crippen LogP contribution < -0.4 is 5.32 Å². The minimum Gasteiger partial charge on any atom is -0.478 e. The van der Waals surface area contributed by atoms with Crippen molar-refractivity contribution < 1.29 is 19.1 Å². The molecule has 6 heteroatoms. The van der Waals surface area contributed by atoms with E-state index >= 15 is 0 Å². The molecule has 1 aromatic carbocycles. The number of nitrogens with one attached hydrogen (secondary N) is 1. The number of carbonyl (C=O) groups is 2. The van der Waals surface area contributed by atoms with E-state index in [0.717, 1.165) is 56.3 Å². The Bertz CT molecular complexity index is 1420. The van der Waals surface area contributed by atoms with Crippen LogP contribution in [-0.2, 0) is 4.79 Å². The molecule has 1 heterocycles. The van der Waals surface area contributed by atoms with Crippen LogP contribution in [0.2, 0.25) is 0 Å². The third-order valence-electron chi connectivity index (χ3n) is 15.1. The molecular weight excluding hydrogens is 587 g/mol. The number of halogens is 1. The van der Waals surface area contributed by atoms with Gasteiger partial charge in [0.2, 0.25) is 5.91 Å². The standard InChI is InChI=1S/C38H53FN2O3.C3H6/c1-24-26(25-9-10-27(34(43)44)31(39)23-25)13-16-35(2)28(24)14-17-37(4)32(35)12-11-29-30-7-5-15-38(30,19-18-36(29,37)3)40-20-22-41-21-6-8-33(41)42;1-3-2/h9-10,13,23-24,28-30,32,40H,5-8,11-12,14-22H2,1-4H3,(H,43,44);3H,1H2,2H3/t24?,28?,29?,30?,32?,35?,36-,37?,38?;/m1./s1. The fourth-order valence-electron chi connectivity index (χ4n) is 12.7. The zero-order valence-electron chi connectivity index (χ0n) is 29.7. The summed E-state index contributed by atoms with van der Waals surface area (Å²) in [5, 5.41) is 13.4. The molecule has 1 aromatic rings. The Morgan fingerprint density at radius 3 is 2.49 bits per heavy atom. The van der Waals surface area contributed by atoms with E-state index in [1.807, 2.05) is 13.0 Å². The molecule has 5 aliphatic carbocycles. The summed E-state index contributed by atoms with van der Waals surface area (Å²) < 4.78 is 14.7. The second-order valence-corrected chi connectivity index (χ2v) is 16.8. The summed E-state index contributed by atoms with van der Waals surface area (Å²) in [5.41, 5.74) is 2.89. The lowest BCUT2D eigenvalue weighted by Gasteiger charge is -2.71. The lowest BCUT2D eigenvalue weighted by Crippen LogP contribution is -2.67. The van der Waals surface area contributed by atoms with Crippen LogP contribution in [0.3, 0.4) is 0 Å². The van der Waals surface area contributed by atoms with Crippen LogP contribution in [0.4, 0.5) is 4.39 Å². The van der Waals surface area contributed by atoms with E-state index in [4.69, 9.17) is 0 Å². The minimum absolute atomic E-state index is 0.216. The number of fused-ring (bicyclic) bond motifs is 7. The summed E-state index contributed by atoms with van der Waals surface area (Å²) in [5.74, 6) is 1.51. The molecule has 1 amide bonds. The highest BCUT2D eigenvalue weighted by Gasteiger charge is 2.68. The number of carbonyl (C=O) groups excluding carboxylic acids is 1. The zero-order valence-corrected chi connectivity index (χ0v) is 29.7. The summed E-state index contributed by atoms with van der Waals surface area (Å²) in [7, 11) is 0. The van der Waals surface area contributed by atoms with Crippen molar-refractivity contribution in [1.82, 2.24) is 10.2 Å². The van der Waals surface area contributed by atoms with Gasteiger partial charge in [-0.15, -0.1) is 6.58 Å². The normalized spacial score (nSPS) is 40.6. The van der Waals surface area contributed by atoms with E-state index in [9.17, 15) is 19.1 Å². The van der Waals surface area contributed by atoms with Gasteiger partial charge in [-0.1, -0.05) is 52.3 Å². The number of rotatable bonds is 6. The molecule has 6 aliphatic rings. The largest absolute Gasteiger partial charge is 0.478 e. The number of carboxylic acid groups (broad SMARTS) is 1. The number of hydrogen-bond acceptors (Lipinski definition) is 3. The zero-order chi connectivity index (χ0) is 33.8. The second-order valence-electron chi connectivity index (χ2n) is 16.8. The third-order valence-corrected chi connectivity index (χ3v) is 15.1. The van der Waals surface area contributed by atoms with Gasteiger partial charge in [0.1, 0.15) is 5.82 Å². The van der Waals surface area contributed by atoms with Crippen molar-refractivity contribution in [3.05, 3.63) is 53.9 Å². The van der Waals surface area contributed by atoms with Crippen molar-refractivity contribution in [2.45, 2.75) is 117 Å². The highest BCUT2D eigenvalue weighted by Crippen LogP contribution is 2.75. The average molecular weight is 647 g/mol. The number of amides is 1. The number of hydrogen-bond donors (Lipinski definition) is 2. The fraction of sp³-hybridized carbons (Fsp3) is 0.707. The van der Waals surface area contributed by atoms with Crippen LogP contribution in [0, 0.1) is 51.7 Å². The van der Waals surface area contributed by atoms with Gasteiger partial charge in [0.15, 0.2) is 0 Å². The molecular formula is C41H59FN2O3. The van der Waals surface area contributed by atoms with Crippen molar-refractivity contribution in [1.29, 1.82) is 0 Å². The van der Waals surface area contributed by atoms with Gasteiger partial charge in [0, 0.05) is 31.6 Å². The van der Waals surface area contributed by atoms with Gasteiger partial charge in [-0.25, -0.2) is 9.18 Å². The quantitative estimate of drug-likeness (QED) is 0.303. The summed E-state index contributed by atoms with van der Waals surface area (Å²) >= 11 is 0. The molecule has 0 radical (unpaired) electrons. The number of nitrogens with zero attached hydrogens (tertiary/aromatic N) is 1. The van der Waals surface area contributed by atoms with Gasteiger partial charge in [-0.2, -0.15) is 0 Å². The van der Waals surface area contributed by atoms with E-state index in [1.54, 1.807) is 6.08 Å². The molecule has 0 aromatic heterocycles. The Morgan fingerprint density at radius 1 is 1.04 bits per heavy atom. The van der Waals surface area contributed by atoms with Gasteiger partial charge in [0.25, 0.3) is 0 Å². The first-order valence-corrected chi connectivity index (χ1v) is 18.7. The first-order chi connectivity index (χ1) is 22.3. The van der Waals surface area contributed by atoms with Crippen molar-refractivity contribution in [2.24, 2.45) is 45.8 Å². The van der Waals surface area contributed by atoms with Crippen LogP contribution in [-0.4, -0.2) is 47.1 Å². The number of carboxylic acids is 1. The van der Waals surface area contributed by atoms with Crippen LogP contribution in [0.25, 0.3) is 5.57 Å². The van der Waals surface area contributed by atoms with Crippen LogP contribution >= 0.6 is 0 Å². The van der Waals surface area contributed by atoms with E-state index in [1.165, 1.54) is 75.5 Å². The highest BCUT2D eigenvalue weighted by atomic mass is 19.1. The molecule has 1 saturated heterocycles. The highest BCUT2D eigenvalue weighted by molar-refractivity contribution is 5.88.